The predicted molar refractivity (Wildman–Crippen MR) is 124 cm³/mol. The lowest BCUT2D eigenvalue weighted by Crippen LogP contribution is -2.25. The number of hydrogen-bond donors (Lipinski definition) is 4. The second-order valence-electron chi connectivity index (χ2n) is 11.5. The van der Waals surface area contributed by atoms with Gasteiger partial charge in [0.05, 0.1) is 23.0 Å². The van der Waals surface area contributed by atoms with Crippen LogP contribution in [0.3, 0.4) is 0 Å². The van der Waals surface area contributed by atoms with Crippen molar-refractivity contribution in [3.05, 3.63) is 12.2 Å². The Morgan fingerprint density at radius 1 is 0.719 bits per heavy atom. The highest BCUT2D eigenvalue weighted by atomic mass is 16.4. The van der Waals surface area contributed by atoms with Gasteiger partial charge in [-0.05, 0) is 90.9 Å². The number of hydrogen-bond acceptors (Lipinski definition) is 4. The Bertz CT molecular complexity index is 611. The molecule has 0 aliphatic heterocycles. The van der Waals surface area contributed by atoms with Crippen LogP contribution in [0.15, 0.2) is 12.2 Å². The lowest BCUT2D eigenvalue weighted by atomic mass is 9.84. The van der Waals surface area contributed by atoms with Gasteiger partial charge in [0, 0.05) is 11.8 Å². The Kier molecular flexibility index (Phi) is 9.35. The fourth-order valence-corrected chi connectivity index (χ4v) is 5.36. The third kappa shape index (κ3) is 7.05. The van der Waals surface area contributed by atoms with Gasteiger partial charge in [-0.2, -0.15) is 0 Å². The van der Waals surface area contributed by atoms with Crippen LogP contribution >= 0.6 is 0 Å². The van der Waals surface area contributed by atoms with Crippen LogP contribution < -0.4 is 0 Å². The minimum atomic E-state index is -0.774. The third-order valence-corrected chi connectivity index (χ3v) is 8.10. The van der Waals surface area contributed by atoms with Crippen molar-refractivity contribution < 1.29 is 30.0 Å². The number of carboxylic acid groups (broad SMARTS) is 2. The monoisotopic (exact) mass is 452 g/mol. The quantitative estimate of drug-likeness (QED) is 0.314. The van der Waals surface area contributed by atoms with Gasteiger partial charge in [-0.3, -0.25) is 9.59 Å². The Morgan fingerprint density at radius 3 is 1.38 bits per heavy atom. The molecule has 2 aliphatic carbocycles. The van der Waals surface area contributed by atoms with E-state index in [0.29, 0.717) is 12.8 Å². The maximum Gasteiger partial charge on any atom is 0.309 e. The maximum atomic E-state index is 11.3. The van der Waals surface area contributed by atoms with E-state index >= 15 is 0 Å². The molecule has 4 N–H and O–H groups in total. The van der Waals surface area contributed by atoms with Gasteiger partial charge >= 0.3 is 11.9 Å². The molecule has 6 heteroatoms. The van der Waals surface area contributed by atoms with Crippen molar-refractivity contribution in [3.63, 3.8) is 0 Å². The van der Waals surface area contributed by atoms with Crippen LogP contribution in [0.25, 0.3) is 0 Å². The fourth-order valence-electron chi connectivity index (χ4n) is 5.36. The van der Waals surface area contributed by atoms with E-state index in [1.165, 1.54) is 0 Å². The zero-order chi connectivity index (χ0) is 24.1. The molecule has 0 radical (unpaired) electrons. The molecular formula is C26H44O6. The molecule has 2 fully saturated rings. The standard InChI is InChI=1S/C26H44O6/c1-25(2,23(29)30)15-5-7-17-9-11-19(21(17)27)13-14-20-12-10-18(22(20)28)8-6-16-26(3,4)24(31)32/h13-14,17-22,27-28H,5-12,15-16H2,1-4H3,(H,29,30)(H,31,32)/b14-13-. The Balaban J connectivity index is 1.76. The largest absolute Gasteiger partial charge is 0.481 e. The van der Waals surface area contributed by atoms with Crippen LogP contribution in [0.5, 0.6) is 0 Å². The van der Waals surface area contributed by atoms with E-state index < -0.39 is 35.0 Å². The van der Waals surface area contributed by atoms with E-state index in [9.17, 15) is 30.0 Å². The van der Waals surface area contributed by atoms with Crippen LogP contribution in [0.2, 0.25) is 0 Å². The van der Waals surface area contributed by atoms with Crippen molar-refractivity contribution in [2.24, 2.45) is 34.5 Å². The molecule has 0 amide bonds. The molecule has 6 unspecified atom stereocenters. The molecule has 0 aromatic carbocycles. The Morgan fingerprint density at radius 2 is 1.06 bits per heavy atom. The van der Waals surface area contributed by atoms with Crippen molar-refractivity contribution in [2.75, 3.05) is 0 Å². The normalized spacial score (nSPS) is 31.4. The summed E-state index contributed by atoms with van der Waals surface area (Å²) < 4.78 is 0. The molecular weight excluding hydrogens is 408 g/mol. The second-order valence-corrected chi connectivity index (χ2v) is 11.5. The summed E-state index contributed by atoms with van der Waals surface area (Å²) in [4.78, 5) is 22.5. The number of aliphatic hydroxyl groups excluding tert-OH is 2. The summed E-state index contributed by atoms with van der Waals surface area (Å²) in [6, 6.07) is 0. The third-order valence-electron chi connectivity index (χ3n) is 8.10. The highest BCUT2D eigenvalue weighted by Gasteiger charge is 2.36. The highest BCUT2D eigenvalue weighted by molar-refractivity contribution is 5.73. The summed E-state index contributed by atoms with van der Waals surface area (Å²) in [5.74, 6) is -0.903. The van der Waals surface area contributed by atoms with Crippen LogP contribution in [0.4, 0.5) is 0 Å². The molecule has 0 aromatic rings. The van der Waals surface area contributed by atoms with Crippen molar-refractivity contribution in [3.8, 4) is 0 Å². The molecule has 2 saturated carbocycles. The lowest BCUT2D eigenvalue weighted by molar-refractivity contribution is -0.148. The molecule has 2 rings (SSSR count). The van der Waals surface area contributed by atoms with Crippen molar-refractivity contribution in [2.45, 2.75) is 104 Å². The van der Waals surface area contributed by atoms with Gasteiger partial charge in [0.15, 0.2) is 0 Å². The molecule has 184 valence electrons. The molecule has 0 spiro atoms. The Labute approximate surface area is 193 Å². The second kappa shape index (κ2) is 11.1. The number of rotatable bonds is 12. The van der Waals surface area contributed by atoms with E-state index in [2.05, 4.69) is 12.2 Å². The van der Waals surface area contributed by atoms with E-state index in [-0.39, 0.29) is 23.7 Å². The smallest absolute Gasteiger partial charge is 0.309 e. The predicted octanol–water partition coefficient (Wildman–Crippen LogP) is 4.88. The minimum Gasteiger partial charge on any atom is -0.481 e. The van der Waals surface area contributed by atoms with Crippen molar-refractivity contribution in [1.82, 2.24) is 0 Å². The SMILES string of the molecule is CC(C)(CCCC1CCC(/C=C\C2CCC(CCCC(C)(C)C(=O)O)C2O)C1O)C(=O)O. The molecule has 0 heterocycles. The minimum absolute atomic E-state index is 0.107. The maximum absolute atomic E-state index is 11.3. The first-order chi connectivity index (χ1) is 14.8. The number of aliphatic hydroxyl groups is 2. The lowest BCUT2D eigenvalue weighted by Gasteiger charge is -2.22. The number of carboxylic acids is 2. The molecule has 2 aliphatic rings. The summed E-state index contributed by atoms with van der Waals surface area (Å²) in [7, 11) is 0. The molecule has 0 bridgehead atoms. The summed E-state index contributed by atoms with van der Waals surface area (Å²) in [6.07, 6.45) is 11.7. The molecule has 6 nitrogen and oxygen atoms in total. The summed E-state index contributed by atoms with van der Waals surface area (Å²) in [5, 5.41) is 40.0. The van der Waals surface area contributed by atoms with Gasteiger partial charge < -0.3 is 20.4 Å². The van der Waals surface area contributed by atoms with Crippen molar-refractivity contribution >= 4 is 11.9 Å². The van der Waals surface area contributed by atoms with Gasteiger partial charge in [0.2, 0.25) is 0 Å². The van der Waals surface area contributed by atoms with Crippen LogP contribution in [0.1, 0.15) is 91.9 Å². The summed E-state index contributed by atoms with van der Waals surface area (Å²) in [6.45, 7) is 7.00. The molecule has 6 atom stereocenters. The first kappa shape index (κ1) is 26.8. The zero-order valence-corrected chi connectivity index (χ0v) is 20.3. The van der Waals surface area contributed by atoms with Gasteiger partial charge in [-0.25, -0.2) is 0 Å². The molecule has 0 saturated heterocycles. The topological polar surface area (TPSA) is 115 Å². The van der Waals surface area contributed by atoms with Gasteiger partial charge in [-0.15, -0.1) is 0 Å². The average Bonchev–Trinajstić information content (AvgIpc) is 3.22. The summed E-state index contributed by atoms with van der Waals surface area (Å²) in [5.41, 5.74) is -1.44. The van der Waals surface area contributed by atoms with E-state index in [1.807, 2.05) is 0 Å². The first-order valence-corrected chi connectivity index (χ1v) is 12.4. The first-order valence-electron chi connectivity index (χ1n) is 12.4. The number of aliphatic carboxylic acids is 2. The van der Waals surface area contributed by atoms with Gasteiger partial charge in [0.25, 0.3) is 0 Å². The van der Waals surface area contributed by atoms with E-state index in [0.717, 1.165) is 51.4 Å². The summed E-state index contributed by atoms with van der Waals surface area (Å²) >= 11 is 0. The van der Waals surface area contributed by atoms with Crippen LogP contribution in [-0.2, 0) is 9.59 Å². The fraction of sp³-hybridized carbons (Fsp3) is 0.846. The van der Waals surface area contributed by atoms with E-state index in [1.54, 1.807) is 27.7 Å². The van der Waals surface area contributed by atoms with Gasteiger partial charge in [-0.1, -0.05) is 25.0 Å². The number of carbonyl (C=O) groups is 2. The average molecular weight is 453 g/mol. The van der Waals surface area contributed by atoms with Crippen LogP contribution in [-0.4, -0.2) is 44.6 Å². The highest BCUT2D eigenvalue weighted by Crippen LogP contribution is 2.40. The Hall–Kier alpha value is -1.40. The zero-order valence-electron chi connectivity index (χ0n) is 20.3. The molecule has 32 heavy (non-hydrogen) atoms. The van der Waals surface area contributed by atoms with Gasteiger partial charge in [0.1, 0.15) is 0 Å². The van der Waals surface area contributed by atoms with Crippen molar-refractivity contribution in [1.29, 1.82) is 0 Å². The molecule has 0 aromatic heterocycles. The van der Waals surface area contributed by atoms with Crippen LogP contribution in [0, 0.1) is 34.5 Å². The van der Waals surface area contributed by atoms with E-state index in [4.69, 9.17) is 0 Å².